The van der Waals surface area contributed by atoms with Gasteiger partial charge in [0.15, 0.2) is 0 Å². The summed E-state index contributed by atoms with van der Waals surface area (Å²) in [7, 11) is 0. The second-order valence-corrected chi connectivity index (χ2v) is 9.32. The monoisotopic (exact) mass is 338 g/mol. The van der Waals surface area contributed by atoms with E-state index in [9.17, 15) is 18.1 Å². The zero-order chi connectivity index (χ0) is 16.8. The first-order valence-electron chi connectivity index (χ1n) is 7.52. The Labute approximate surface area is 132 Å². The number of hydrogen-bond donors (Lipinski definition) is 2. The molecule has 1 amide bonds. The summed E-state index contributed by atoms with van der Waals surface area (Å²) in [6.45, 7) is 5.73. The molecule has 0 bridgehead atoms. The Balaban J connectivity index is 2.15. The number of rotatable bonds is 2. The van der Waals surface area contributed by atoms with E-state index >= 15 is 0 Å². The molecule has 1 saturated heterocycles. The normalized spacial score (nSPS) is 28.8. The third-order valence-electron chi connectivity index (χ3n) is 4.80. The van der Waals surface area contributed by atoms with Crippen LogP contribution in [-0.2, 0) is 11.4 Å². The smallest absolute Gasteiger partial charge is 0.407 e. The topological polar surface area (TPSA) is 75.6 Å². The Morgan fingerprint density at radius 3 is 2.27 bits per heavy atom. The van der Waals surface area contributed by atoms with Crippen LogP contribution in [0.4, 0.5) is 13.6 Å². The number of alkyl halides is 2. The lowest BCUT2D eigenvalue weighted by molar-refractivity contribution is -0.0402. The number of piperidine rings is 1. The fourth-order valence-electron chi connectivity index (χ4n) is 3.33. The molecule has 2 aliphatic rings. The van der Waals surface area contributed by atoms with Gasteiger partial charge in [-0.05, 0) is 45.4 Å². The minimum Gasteiger partial charge on any atom is -0.598 e. The van der Waals surface area contributed by atoms with Crippen LogP contribution in [0.15, 0.2) is 0 Å². The summed E-state index contributed by atoms with van der Waals surface area (Å²) in [5.74, 6) is -2.91. The van der Waals surface area contributed by atoms with Gasteiger partial charge in [0.2, 0.25) is 0 Å². The summed E-state index contributed by atoms with van der Waals surface area (Å²) in [5, 5.41) is 9.00. The van der Waals surface area contributed by atoms with Gasteiger partial charge in [-0.2, -0.15) is 0 Å². The number of amides is 1. The van der Waals surface area contributed by atoms with E-state index in [1.165, 1.54) is 4.90 Å². The van der Waals surface area contributed by atoms with Crippen molar-refractivity contribution in [3.8, 4) is 0 Å². The van der Waals surface area contributed by atoms with Gasteiger partial charge in [-0.1, -0.05) is 0 Å². The molecule has 0 unspecified atom stereocenters. The van der Waals surface area contributed by atoms with Gasteiger partial charge in [-0.25, -0.2) is 13.6 Å². The maximum atomic E-state index is 14.3. The molecule has 2 N–H and O–H groups in total. The van der Waals surface area contributed by atoms with Crippen molar-refractivity contribution >= 4 is 17.5 Å². The molecule has 5 nitrogen and oxygen atoms in total. The summed E-state index contributed by atoms with van der Waals surface area (Å²) in [5.41, 5.74) is -0.670. The number of nitrogens with one attached hydrogen (secondary N) is 1. The van der Waals surface area contributed by atoms with E-state index in [2.05, 4.69) is 4.72 Å². The van der Waals surface area contributed by atoms with Crippen molar-refractivity contribution in [3.05, 3.63) is 0 Å². The van der Waals surface area contributed by atoms with E-state index in [-0.39, 0.29) is 19.5 Å². The molecule has 0 aromatic carbocycles. The molecule has 8 heteroatoms. The van der Waals surface area contributed by atoms with Gasteiger partial charge in [-0.3, -0.25) is 0 Å². The van der Waals surface area contributed by atoms with Gasteiger partial charge < -0.3 is 14.6 Å². The van der Waals surface area contributed by atoms with Crippen LogP contribution < -0.4 is 4.72 Å². The molecule has 2 atom stereocenters. The highest BCUT2D eigenvalue weighted by molar-refractivity contribution is 7.90. The van der Waals surface area contributed by atoms with Crippen molar-refractivity contribution in [2.24, 2.45) is 5.41 Å². The lowest BCUT2D eigenvalue weighted by atomic mass is 9.74. The Kier molecular flexibility index (Phi) is 4.68. The van der Waals surface area contributed by atoms with Gasteiger partial charge in [0, 0.05) is 30.9 Å². The lowest BCUT2D eigenvalue weighted by Crippen LogP contribution is -2.58. The van der Waals surface area contributed by atoms with Crippen LogP contribution in [0.5, 0.6) is 0 Å². The standard InChI is InChI=1S/C14H24F2N2O3S/c1-12(2,3)22(21)17-10-13(4-5-14(10,15)16)6-8-18(9-7-13)11(19)20/h10,17H,4-9H2,1-3H3,(H,19,20)/t10-,22+/m0/s1. The van der Waals surface area contributed by atoms with Crippen LogP contribution in [0.3, 0.4) is 0 Å². The molecule has 1 heterocycles. The fraction of sp³-hybridized carbons (Fsp3) is 0.929. The van der Waals surface area contributed by atoms with Crippen molar-refractivity contribution in [2.75, 3.05) is 13.1 Å². The van der Waals surface area contributed by atoms with E-state index < -0.39 is 39.6 Å². The van der Waals surface area contributed by atoms with Crippen LogP contribution in [-0.4, -0.2) is 50.5 Å². The zero-order valence-corrected chi connectivity index (χ0v) is 14.0. The average Bonchev–Trinajstić information content (AvgIpc) is 2.63. The van der Waals surface area contributed by atoms with Crippen molar-refractivity contribution in [1.82, 2.24) is 9.62 Å². The van der Waals surface area contributed by atoms with Crippen LogP contribution in [0.2, 0.25) is 0 Å². The Morgan fingerprint density at radius 1 is 1.27 bits per heavy atom. The second kappa shape index (κ2) is 5.79. The first kappa shape index (κ1) is 17.7. The average molecular weight is 338 g/mol. The largest absolute Gasteiger partial charge is 0.598 e. The van der Waals surface area contributed by atoms with Crippen molar-refractivity contribution in [2.45, 2.75) is 63.2 Å². The lowest BCUT2D eigenvalue weighted by Gasteiger charge is -2.43. The highest BCUT2D eigenvalue weighted by Crippen LogP contribution is 2.53. The van der Waals surface area contributed by atoms with Crippen molar-refractivity contribution in [1.29, 1.82) is 0 Å². The molecule has 0 radical (unpaired) electrons. The number of likely N-dealkylation sites (tertiary alicyclic amines) is 1. The first-order valence-corrected chi connectivity index (χ1v) is 8.67. The van der Waals surface area contributed by atoms with Crippen LogP contribution in [0.1, 0.15) is 46.5 Å². The van der Waals surface area contributed by atoms with Crippen molar-refractivity contribution < 1.29 is 23.2 Å². The third kappa shape index (κ3) is 3.33. The predicted molar refractivity (Wildman–Crippen MR) is 80.3 cm³/mol. The van der Waals surface area contributed by atoms with Gasteiger partial charge in [-0.15, -0.1) is 4.72 Å². The Bertz CT molecular complexity index is 434. The number of halogens is 2. The van der Waals surface area contributed by atoms with Crippen molar-refractivity contribution in [3.63, 3.8) is 0 Å². The number of carbonyl (C=O) groups is 1. The zero-order valence-electron chi connectivity index (χ0n) is 13.2. The quantitative estimate of drug-likeness (QED) is 0.759. The molecule has 1 spiro atoms. The molecular weight excluding hydrogens is 314 g/mol. The molecule has 1 saturated carbocycles. The van der Waals surface area contributed by atoms with Gasteiger partial charge >= 0.3 is 6.09 Å². The number of carboxylic acid groups (broad SMARTS) is 1. The third-order valence-corrected chi connectivity index (χ3v) is 6.36. The Morgan fingerprint density at radius 2 is 1.82 bits per heavy atom. The molecule has 2 rings (SSSR count). The maximum Gasteiger partial charge on any atom is 0.407 e. The molecule has 0 aromatic rings. The van der Waals surface area contributed by atoms with E-state index in [1.54, 1.807) is 20.8 Å². The van der Waals surface area contributed by atoms with E-state index in [4.69, 9.17) is 5.11 Å². The summed E-state index contributed by atoms with van der Waals surface area (Å²) < 4.78 is 42.9. The summed E-state index contributed by atoms with van der Waals surface area (Å²) in [4.78, 5) is 12.3. The van der Waals surface area contributed by atoms with E-state index in [0.29, 0.717) is 19.3 Å². The molecule has 2 fully saturated rings. The fourth-order valence-corrected chi connectivity index (χ4v) is 4.32. The van der Waals surface area contributed by atoms with Gasteiger partial charge in [0.25, 0.3) is 5.92 Å². The number of hydrogen-bond acceptors (Lipinski definition) is 3. The molecule has 22 heavy (non-hydrogen) atoms. The second-order valence-electron chi connectivity index (χ2n) is 7.32. The summed E-state index contributed by atoms with van der Waals surface area (Å²) in [6, 6.07) is -1.16. The molecule has 1 aliphatic carbocycles. The predicted octanol–water partition coefficient (Wildman–Crippen LogP) is 2.60. The molecular formula is C14H24F2N2O3S. The van der Waals surface area contributed by atoms with E-state index in [0.717, 1.165) is 0 Å². The minimum absolute atomic E-state index is 0.237. The number of nitrogens with zero attached hydrogens (tertiary/aromatic N) is 1. The van der Waals surface area contributed by atoms with Crippen LogP contribution in [0.25, 0.3) is 0 Å². The molecule has 1 aliphatic heterocycles. The maximum absolute atomic E-state index is 14.3. The molecule has 128 valence electrons. The van der Waals surface area contributed by atoms with Crippen LogP contribution in [0, 0.1) is 5.41 Å². The first-order chi connectivity index (χ1) is 9.98. The van der Waals surface area contributed by atoms with Gasteiger partial charge in [0.1, 0.15) is 10.8 Å². The van der Waals surface area contributed by atoms with Crippen LogP contribution >= 0.6 is 0 Å². The van der Waals surface area contributed by atoms with Gasteiger partial charge in [0.05, 0.1) is 0 Å². The SMILES string of the molecule is CC(C)(C)[S@@+]([O-])N[C@@H]1C(F)(F)CCC12CCN(C(=O)O)CC2. The summed E-state index contributed by atoms with van der Waals surface area (Å²) >= 11 is -1.58. The molecule has 0 aromatic heterocycles. The minimum atomic E-state index is -2.91. The highest BCUT2D eigenvalue weighted by Gasteiger charge is 2.61. The van der Waals surface area contributed by atoms with E-state index in [1.807, 2.05) is 0 Å². The highest BCUT2D eigenvalue weighted by atomic mass is 32.2. The summed E-state index contributed by atoms with van der Waals surface area (Å²) in [6.07, 6.45) is -0.143. The Hall–Kier alpha value is -0.600.